The zero-order valence-electron chi connectivity index (χ0n) is 11.5. The Labute approximate surface area is 128 Å². The summed E-state index contributed by atoms with van der Waals surface area (Å²) < 4.78 is 110. The van der Waals surface area contributed by atoms with E-state index >= 15 is 0 Å². The summed E-state index contributed by atoms with van der Waals surface area (Å²) in [5.41, 5.74) is 0. The Morgan fingerprint density at radius 2 is 0.833 bits per heavy atom. The summed E-state index contributed by atoms with van der Waals surface area (Å²) in [6.07, 6.45) is -3.07. The highest BCUT2D eigenvalue weighted by atomic mass is 19.3. The van der Waals surface area contributed by atoms with Crippen molar-refractivity contribution in [2.75, 3.05) is 13.1 Å². The lowest BCUT2D eigenvalue weighted by Crippen LogP contribution is -2.81. The first kappa shape index (κ1) is 20.3. The second kappa shape index (κ2) is 5.98. The van der Waals surface area contributed by atoms with Crippen molar-refractivity contribution in [2.45, 2.75) is 37.0 Å². The van der Waals surface area contributed by atoms with E-state index in [0.717, 1.165) is 0 Å². The molecule has 0 aromatic heterocycles. The van der Waals surface area contributed by atoms with Gasteiger partial charge in [-0.2, -0.15) is 44.9 Å². The summed E-state index contributed by atoms with van der Waals surface area (Å²) in [4.78, 5) is 16.8. The molecule has 140 valence electrons. The molecular weight excluding hydrogens is 364 g/mol. The number of aliphatic carboxylic acids is 2. The number of rotatable bonds is 6. The van der Waals surface area contributed by atoms with E-state index < -0.39 is 71.9 Å². The van der Waals surface area contributed by atoms with Crippen molar-refractivity contribution in [2.24, 2.45) is 0 Å². The van der Waals surface area contributed by atoms with Crippen molar-refractivity contribution in [3.63, 3.8) is 0 Å². The highest BCUT2D eigenvalue weighted by Gasteiger charge is 2.84. The van der Waals surface area contributed by atoms with E-state index in [1.165, 1.54) is 0 Å². The third-order valence-corrected chi connectivity index (χ3v) is 3.18. The molecule has 1 fully saturated rings. The Morgan fingerprint density at radius 3 is 1.00 bits per heavy atom. The molecule has 0 spiro atoms. The van der Waals surface area contributed by atoms with E-state index in [-0.39, 0.29) is 0 Å². The highest BCUT2D eigenvalue weighted by Crippen LogP contribution is 2.57. The maximum Gasteiger partial charge on any atom is 0.387 e. The molecule has 0 atom stereocenters. The monoisotopic (exact) mass is 374 g/mol. The fourth-order valence-corrected chi connectivity index (χ4v) is 1.98. The van der Waals surface area contributed by atoms with Gasteiger partial charge in [-0.3, -0.25) is 9.59 Å². The molecule has 0 amide bonds. The van der Waals surface area contributed by atoms with Gasteiger partial charge < -0.3 is 10.2 Å². The maximum absolute atomic E-state index is 13.7. The molecule has 1 aliphatic heterocycles. The van der Waals surface area contributed by atoms with E-state index in [1.807, 2.05) is 0 Å². The van der Waals surface area contributed by atoms with Crippen LogP contribution in [0.3, 0.4) is 0 Å². The third-order valence-electron chi connectivity index (χ3n) is 3.18. The van der Waals surface area contributed by atoms with E-state index in [4.69, 9.17) is 10.2 Å². The second-order valence-electron chi connectivity index (χ2n) is 4.76. The number of carboxylic acid groups (broad SMARTS) is 2. The van der Waals surface area contributed by atoms with Crippen molar-refractivity contribution in [3.05, 3.63) is 0 Å². The highest BCUT2D eigenvalue weighted by molar-refractivity contribution is 5.67. The van der Waals surface area contributed by atoms with Gasteiger partial charge in [-0.15, -0.1) is 0 Å². The van der Waals surface area contributed by atoms with Crippen molar-refractivity contribution in [3.8, 4) is 0 Å². The molecule has 0 aromatic carbocycles. The molecule has 0 bridgehead atoms. The second-order valence-corrected chi connectivity index (χ2v) is 4.76. The third kappa shape index (κ3) is 2.99. The van der Waals surface area contributed by atoms with E-state index in [9.17, 15) is 44.7 Å². The van der Waals surface area contributed by atoms with Crippen LogP contribution < -0.4 is 0 Å². The van der Waals surface area contributed by atoms with Gasteiger partial charge in [-0.05, 0) is 0 Å². The zero-order chi connectivity index (χ0) is 19.1. The lowest BCUT2D eigenvalue weighted by atomic mass is 10.1. The minimum Gasteiger partial charge on any atom is -0.481 e. The lowest BCUT2D eigenvalue weighted by molar-refractivity contribution is -0.506. The number of alkyl halides is 8. The minimum atomic E-state index is -5.88. The van der Waals surface area contributed by atoms with Gasteiger partial charge in [0.25, 0.3) is 0 Å². The van der Waals surface area contributed by atoms with E-state index in [1.54, 1.807) is 0 Å². The molecule has 1 heterocycles. The number of halogens is 8. The molecule has 1 rings (SSSR count). The predicted molar refractivity (Wildman–Crippen MR) is 57.7 cm³/mol. The Kier molecular flexibility index (Phi) is 5.07. The molecule has 24 heavy (non-hydrogen) atoms. The van der Waals surface area contributed by atoms with Crippen LogP contribution >= 0.6 is 0 Å². The first-order valence-corrected chi connectivity index (χ1v) is 6.10. The minimum absolute atomic E-state index is 1.54. The quantitative estimate of drug-likeness (QED) is 0.546. The fraction of sp³-hybridized carbons (Fsp3) is 0.800. The molecule has 14 heteroatoms. The summed E-state index contributed by atoms with van der Waals surface area (Å²) in [7, 11) is 0. The van der Waals surface area contributed by atoms with Gasteiger partial charge in [0.2, 0.25) is 0 Å². The van der Waals surface area contributed by atoms with Gasteiger partial charge in [0.1, 0.15) is 0 Å². The molecule has 1 aliphatic rings. The predicted octanol–water partition coefficient (Wildman–Crippen LogP) is 1.92. The van der Waals surface area contributed by atoms with Gasteiger partial charge in [-0.25, -0.2) is 0 Å². The number of nitrogens with zero attached hydrogens (tertiary/aromatic N) is 2. The van der Waals surface area contributed by atoms with Crippen LogP contribution in [0.15, 0.2) is 0 Å². The Morgan fingerprint density at radius 1 is 0.625 bits per heavy atom. The van der Waals surface area contributed by atoms with Crippen LogP contribution in [-0.4, -0.2) is 69.2 Å². The number of hydrogen-bond donors (Lipinski definition) is 2. The average Bonchev–Trinajstić information content (AvgIpc) is 2.35. The van der Waals surface area contributed by atoms with Gasteiger partial charge >= 0.3 is 36.1 Å². The standard InChI is InChI=1S/C10H10F8N2O4/c11-7(12)9(15,16)20(4-2-6(23)24)10(17,18)8(13,14)19(7)3-1-5(21)22/h1-4H2,(H,21,22)(H,23,24). The van der Waals surface area contributed by atoms with Crippen LogP contribution in [0.5, 0.6) is 0 Å². The summed E-state index contributed by atoms with van der Waals surface area (Å²) in [6.45, 7) is -3.99. The van der Waals surface area contributed by atoms with E-state index in [0.29, 0.717) is 0 Å². The number of piperazine rings is 1. The summed E-state index contributed by atoms with van der Waals surface area (Å²) in [5.74, 6) is -3.91. The first-order chi connectivity index (χ1) is 10.6. The van der Waals surface area contributed by atoms with Crippen LogP contribution in [0.4, 0.5) is 35.1 Å². The van der Waals surface area contributed by atoms with Gasteiger partial charge in [0.05, 0.1) is 12.8 Å². The van der Waals surface area contributed by atoms with Crippen molar-refractivity contribution < 1.29 is 54.9 Å². The molecule has 1 saturated heterocycles. The van der Waals surface area contributed by atoms with Crippen LogP contribution in [-0.2, 0) is 9.59 Å². The molecule has 0 aliphatic carbocycles. The van der Waals surface area contributed by atoms with Gasteiger partial charge in [0, 0.05) is 13.1 Å². The van der Waals surface area contributed by atoms with Gasteiger partial charge in [0.15, 0.2) is 0 Å². The molecule has 0 aromatic rings. The van der Waals surface area contributed by atoms with Gasteiger partial charge in [-0.1, -0.05) is 0 Å². The Balaban J connectivity index is 3.36. The van der Waals surface area contributed by atoms with Crippen molar-refractivity contribution in [1.82, 2.24) is 9.80 Å². The Bertz CT molecular complexity index is 453. The maximum atomic E-state index is 13.7. The van der Waals surface area contributed by atoms with Crippen LogP contribution in [0.25, 0.3) is 0 Å². The number of carboxylic acids is 2. The summed E-state index contributed by atoms with van der Waals surface area (Å²) in [5, 5.41) is 16.5. The first-order valence-electron chi connectivity index (χ1n) is 6.10. The van der Waals surface area contributed by atoms with E-state index in [2.05, 4.69) is 0 Å². The average molecular weight is 374 g/mol. The molecule has 0 radical (unpaired) electrons. The molecule has 0 unspecified atom stereocenters. The SMILES string of the molecule is O=C(O)CCN1C(F)(F)C(F)(F)N(CCC(=O)O)C(F)(F)C1(F)F. The lowest BCUT2D eigenvalue weighted by Gasteiger charge is -2.53. The summed E-state index contributed by atoms with van der Waals surface area (Å²) in [6, 6.07) is -23.5. The number of carbonyl (C=O) groups is 2. The molecule has 2 N–H and O–H groups in total. The van der Waals surface area contributed by atoms with Crippen LogP contribution in [0, 0.1) is 0 Å². The van der Waals surface area contributed by atoms with Crippen molar-refractivity contribution in [1.29, 1.82) is 0 Å². The van der Waals surface area contributed by atoms with Crippen LogP contribution in [0.2, 0.25) is 0 Å². The number of hydrogen-bond acceptors (Lipinski definition) is 4. The largest absolute Gasteiger partial charge is 0.481 e. The van der Waals surface area contributed by atoms with Crippen molar-refractivity contribution >= 4 is 11.9 Å². The molecule has 6 nitrogen and oxygen atoms in total. The molecule has 0 saturated carbocycles. The Hall–Kier alpha value is -1.70. The summed E-state index contributed by atoms with van der Waals surface area (Å²) >= 11 is 0. The molecular formula is C10H10F8N2O4. The zero-order valence-corrected chi connectivity index (χ0v) is 11.5. The van der Waals surface area contributed by atoms with Crippen LogP contribution in [0.1, 0.15) is 12.8 Å². The topological polar surface area (TPSA) is 81.1 Å². The normalized spacial score (nSPS) is 25.3. The fourth-order valence-electron chi connectivity index (χ4n) is 1.98. The smallest absolute Gasteiger partial charge is 0.387 e.